The molecule has 0 aliphatic carbocycles. The number of hydrogen-bond donors (Lipinski definition) is 0. The third-order valence-electron chi connectivity index (χ3n) is 0.196. The Kier molecular flexibility index (Phi) is 0.242. The Morgan fingerprint density at radius 2 is 1.75 bits per heavy atom. The summed E-state index contributed by atoms with van der Waals surface area (Å²) in [6.07, 6.45) is 0. The summed E-state index contributed by atoms with van der Waals surface area (Å²) in [6.45, 7) is 0. The fourth-order valence-electron chi connectivity index (χ4n) is 0.0189. The molecule has 2 heteroatoms. The number of hydrogen-bond acceptors (Lipinski definition) is 0. The van der Waals surface area contributed by atoms with Gasteiger partial charge in [-0.15, -0.1) is 0 Å². The smallest absolute Gasteiger partial charge is 0.198 e. The molecule has 0 nitrogen and oxygen atoms in total. The lowest BCUT2D eigenvalue weighted by Crippen LogP contribution is -1.05. The molecule has 0 bridgehead atoms. The fraction of sp³-hybridized carbons (Fsp3) is 0. The van der Waals surface area contributed by atoms with Crippen LogP contribution in [0.3, 0.4) is 0 Å². The van der Waals surface area contributed by atoms with Crippen molar-refractivity contribution >= 4 is 8.23 Å². The van der Waals surface area contributed by atoms with E-state index in [2.05, 4.69) is 11.3 Å². The molecule has 0 amide bonds. The molecule has 0 saturated heterocycles. The first-order chi connectivity index (χ1) is 1.89. The first-order valence-electron chi connectivity index (χ1n) is 0.866. The van der Waals surface area contributed by atoms with Crippen LogP contribution < -0.4 is 0 Å². The van der Waals surface area contributed by atoms with Gasteiger partial charge in [0.1, 0.15) is 0 Å². The third-order valence-corrected chi connectivity index (χ3v) is 0.589. The average Bonchev–Trinajstić information content (AvgIpc) is 1.75. The summed E-state index contributed by atoms with van der Waals surface area (Å²) in [5.41, 5.74) is 4.49. The molecule has 4 heavy (non-hydrogen) atoms. The Labute approximate surface area is 24.9 Å². The van der Waals surface area contributed by atoms with Crippen molar-refractivity contribution in [2.24, 2.45) is 0 Å². The van der Waals surface area contributed by atoms with Crippen molar-refractivity contribution in [3.05, 3.63) is 0 Å². The molecule has 1 aliphatic heterocycles. The van der Waals surface area contributed by atoms with Crippen LogP contribution in [0.2, 0.25) is 0 Å². The standard InChI is InChI=1S/C2FP/c3-4-1-2-4. The molecule has 0 saturated carbocycles. The van der Waals surface area contributed by atoms with Crippen molar-refractivity contribution < 1.29 is 4.20 Å². The second-order valence-corrected chi connectivity index (χ2v) is 1.51. The molecule has 20 valence electrons. The van der Waals surface area contributed by atoms with Crippen LogP contribution in [0.1, 0.15) is 0 Å². The zero-order chi connectivity index (χ0) is 2.99. The van der Waals surface area contributed by atoms with E-state index in [0.29, 0.717) is 0 Å². The summed E-state index contributed by atoms with van der Waals surface area (Å²) in [5, 5.41) is 0. The summed E-state index contributed by atoms with van der Waals surface area (Å²) < 4.78 is 11.0. The van der Waals surface area contributed by atoms with Gasteiger partial charge in [0, 0.05) is 0 Å². The van der Waals surface area contributed by atoms with Crippen molar-refractivity contribution in [2.75, 3.05) is 0 Å². The fourth-order valence-corrected chi connectivity index (χ4v) is 0.170. The molecule has 1 rings (SSSR count). The van der Waals surface area contributed by atoms with E-state index < -0.39 is 8.23 Å². The SMILES string of the molecule is FP1C#C1. The van der Waals surface area contributed by atoms with E-state index in [1.807, 2.05) is 0 Å². The molecule has 0 aromatic heterocycles. The van der Waals surface area contributed by atoms with E-state index in [1.165, 1.54) is 0 Å². The van der Waals surface area contributed by atoms with E-state index in [9.17, 15) is 4.20 Å². The minimum Gasteiger partial charge on any atom is -0.198 e. The van der Waals surface area contributed by atoms with Crippen LogP contribution in [0.25, 0.3) is 0 Å². The summed E-state index contributed by atoms with van der Waals surface area (Å²) in [7, 11) is -1.37. The second kappa shape index (κ2) is 0.445. The minimum absolute atomic E-state index is 1.37. The Morgan fingerprint density at radius 1 is 1.50 bits per heavy atom. The quantitative estimate of drug-likeness (QED) is 0.300. The summed E-state index contributed by atoms with van der Waals surface area (Å²) in [6, 6.07) is 0. The Bertz CT molecular complexity index is 69.8. The maximum Gasteiger partial charge on any atom is 0.238 e. The first-order valence-corrected chi connectivity index (χ1v) is 2.10. The average molecular weight is 74.0 g/mol. The molecule has 1 aliphatic rings. The topological polar surface area (TPSA) is 0 Å². The molecule has 0 N–H and O–H groups in total. The minimum atomic E-state index is -1.37. The summed E-state index contributed by atoms with van der Waals surface area (Å²) in [5.74, 6) is 0. The molecule has 0 fully saturated rings. The first kappa shape index (κ1) is 2.18. The molecule has 0 aromatic carbocycles. The van der Waals surface area contributed by atoms with E-state index in [1.54, 1.807) is 0 Å². The molecule has 0 atom stereocenters. The van der Waals surface area contributed by atoms with Gasteiger partial charge in [-0.2, -0.15) is 4.20 Å². The van der Waals surface area contributed by atoms with Gasteiger partial charge in [-0.1, -0.05) is 0 Å². The van der Waals surface area contributed by atoms with Gasteiger partial charge in [0.25, 0.3) is 0 Å². The Morgan fingerprint density at radius 3 is 1.75 bits per heavy atom. The van der Waals surface area contributed by atoms with Crippen LogP contribution >= 0.6 is 8.23 Å². The van der Waals surface area contributed by atoms with E-state index >= 15 is 0 Å². The molecular formula is C2FP. The van der Waals surface area contributed by atoms with E-state index in [4.69, 9.17) is 0 Å². The van der Waals surface area contributed by atoms with Crippen molar-refractivity contribution in [1.82, 2.24) is 0 Å². The molecule has 1 heterocycles. The van der Waals surface area contributed by atoms with Gasteiger partial charge in [-0.25, -0.2) is 0 Å². The predicted octanol–water partition coefficient (Wildman–Crippen LogP) is 1.28. The van der Waals surface area contributed by atoms with E-state index in [-0.39, 0.29) is 0 Å². The zero-order valence-electron chi connectivity index (χ0n) is 1.83. The van der Waals surface area contributed by atoms with Gasteiger partial charge in [-0.3, -0.25) is 0 Å². The normalized spacial score (nSPS) is 18.2. The van der Waals surface area contributed by atoms with Gasteiger partial charge in [0.2, 0.25) is 8.23 Å². The molecule has 0 spiro atoms. The molecule has 0 radical (unpaired) electrons. The van der Waals surface area contributed by atoms with Crippen molar-refractivity contribution in [3.63, 3.8) is 0 Å². The summed E-state index contributed by atoms with van der Waals surface area (Å²) in [4.78, 5) is 0. The lowest BCUT2D eigenvalue weighted by molar-refractivity contribution is 0.924. The monoisotopic (exact) mass is 74.0 g/mol. The van der Waals surface area contributed by atoms with Crippen molar-refractivity contribution in [1.29, 1.82) is 0 Å². The van der Waals surface area contributed by atoms with Gasteiger partial charge in [0.05, 0.1) is 0 Å². The van der Waals surface area contributed by atoms with Gasteiger partial charge in [-0.05, 0) is 11.3 Å². The maximum atomic E-state index is 11.0. The van der Waals surface area contributed by atoms with Crippen LogP contribution in [-0.4, -0.2) is 0 Å². The Balaban J connectivity index is 2.38. The van der Waals surface area contributed by atoms with Crippen LogP contribution in [0.4, 0.5) is 4.20 Å². The molecular weight excluding hydrogens is 74.0 g/mol. The highest BCUT2D eigenvalue weighted by Crippen LogP contribution is 2.44. The van der Waals surface area contributed by atoms with Crippen molar-refractivity contribution in [3.8, 4) is 11.3 Å². The highest BCUT2D eigenvalue weighted by Gasteiger charge is 2.04. The van der Waals surface area contributed by atoms with Gasteiger partial charge < -0.3 is 0 Å². The van der Waals surface area contributed by atoms with Crippen LogP contribution in [0.5, 0.6) is 0 Å². The van der Waals surface area contributed by atoms with Gasteiger partial charge >= 0.3 is 0 Å². The molecule has 0 unspecified atom stereocenters. The van der Waals surface area contributed by atoms with E-state index in [0.717, 1.165) is 0 Å². The highest BCUT2D eigenvalue weighted by molar-refractivity contribution is 7.69. The summed E-state index contributed by atoms with van der Waals surface area (Å²) >= 11 is 0. The third kappa shape index (κ3) is 0.191. The lowest BCUT2D eigenvalue weighted by atomic mass is 11.4. The van der Waals surface area contributed by atoms with Crippen LogP contribution in [-0.2, 0) is 0 Å². The lowest BCUT2D eigenvalue weighted by Gasteiger charge is -1.50. The number of halogens is 1. The van der Waals surface area contributed by atoms with Crippen LogP contribution in [0.15, 0.2) is 0 Å². The Hall–Kier alpha value is -0.0800. The largest absolute Gasteiger partial charge is 0.238 e. The zero-order valence-corrected chi connectivity index (χ0v) is 2.72. The predicted molar refractivity (Wildman–Crippen MR) is 15.8 cm³/mol. The second-order valence-electron chi connectivity index (χ2n) is 0.504. The molecule has 0 aromatic rings. The maximum absolute atomic E-state index is 11.0. The van der Waals surface area contributed by atoms with Crippen LogP contribution in [0, 0.1) is 11.3 Å². The number of rotatable bonds is 0. The highest BCUT2D eigenvalue weighted by atomic mass is 31.2. The van der Waals surface area contributed by atoms with Crippen molar-refractivity contribution in [2.45, 2.75) is 0 Å². The van der Waals surface area contributed by atoms with Gasteiger partial charge in [0.15, 0.2) is 0 Å².